The van der Waals surface area contributed by atoms with Crippen molar-refractivity contribution >= 4 is 68.2 Å². The number of piperidine rings is 2. The molecule has 63 heavy (non-hydrogen) atoms. The first kappa shape index (κ1) is 45.2. The highest BCUT2D eigenvalue weighted by molar-refractivity contribution is 7.92. The van der Waals surface area contributed by atoms with Crippen LogP contribution in [0.2, 0.25) is 5.02 Å². The number of carbonyl (C=O) groups is 4. The number of halogens is 1. The zero-order valence-electron chi connectivity index (χ0n) is 36.1. The van der Waals surface area contributed by atoms with Crippen molar-refractivity contribution in [2.45, 2.75) is 108 Å². The number of ether oxygens (including phenoxy) is 1. The van der Waals surface area contributed by atoms with Crippen molar-refractivity contribution in [3.05, 3.63) is 93.6 Å². The first-order chi connectivity index (χ1) is 30.1. The van der Waals surface area contributed by atoms with E-state index in [9.17, 15) is 27.6 Å². The molecule has 7 rings (SSSR count). The molecule has 3 aromatic carbocycles. The number of unbranched alkanes of at least 4 members (excludes halogenated alkanes) is 2. The van der Waals surface area contributed by atoms with Crippen molar-refractivity contribution < 1.29 is 32.3 Å². The molecular weight excluding hydrogens is 842 g/mol. The molecule has 4 aromatic rings. The number of hydrogen-bond acceptors (Lipinski definition) is 12. The lowest BCUT2D eigenvalue weighted by molar-refractivity contribution is -0.136. The molecule has 1 aromatic heterocycles. The van der Waals surface area contributed by atoms with Crippen molar-refractivity contribution in [1.82, 2.24) is 25.1 Å². The van der Waals surface area contributed by atoms with E-state index < -0.39 is 44.8 Å². The minimum atomic E-state index is -3.58. The second-order valence-electron chi connectivity index (χ2n) is 16.7. The van der Waals surface area contributed by atoms with E-state index in [1.165, 1.54) is 11.8 Å². The average molecular weight is 894 g/mol. The van der Waals surface area contributed by atoms with Crippen LogP contribution in [0.4, 0.5) is 23.1 Å². The molecule has 0 aliphatic carbocycles. The van der Waals surface area contributed by atoms with Gasteiger partial charge in [-0.1, -0.05) is 41.6 Å². The first-order valence-electron chi connectivity index (χ1n) is 21.4. The van der Waals surface area contributed by atoms with Crippen molar-refractivity contribution in [3.8, 4) is 17.6 Å². The largest absolute Gasteiger partial charge is 0.489 e. The van der Waals surface area contributed by atoms with E-state index in [4.69, 9.17) is 16.3 Å². The third-order valence-electron chi connectivity index (χ3n) is 11.5. The van der Waals surface area contributed by atoms with Gasteiger partial charge in [-0.25, -0.2) is 13.4 Å². The molecule has 4 amide bonds. The van der Waals surface area contributed by atoms with E-state index in [1.54, 1.807) is 56.3 Å². The Morgan fingerprint density at radius 2 is 1.70 bits per heavy atom. The Kier molecular flexibility index (Phi) is 13.8. The number of aryl methyl sites for hydroxylation is 1. The molecule has 0 saturated carbocycles. The van der Waals surface area contributed by atoms with Gasteiger partial charge in [-0.15, -0.1) is 0 Å². The summed E-state index contributed by atoms with van der Waals surface area (Å²) in [6.07, 6.45) is 6.02. The van der Waals surface area contributed by atoms with Crippen LogP contribution in [-0.2, 0) is 19.4 Å². The maximum Gasteiger partial charge on any atom is 0.263 e. The lowest BCUT2D eigenvalue weighted by atomic mass is 9.86. The number of nitrogens with zero attached hydrogens (tertiary/aromatic N) is 4. The SMILES string of the molecule is Cc1cc(Nc2ncc(Cl)c(Nc3ccccc3S(=O)(=O)C(C)C)n2)c(OC(C)C)cc1C1CCN(CCCCC#Cc2cccc3c2C(=O)N(C2CCC(=O)NC2=O)C3=O)CC1. The Labute approximate surface area is 373 Å². The Morgan fingerprint density at radius 3 is 2.43 bits per heavy atom. The van der Waals surface area contributed by atoms with E-state index in [1.807, 2.05) is 13.8 Å². The quantitative estimate of drug-likeness (QED) is 0.0639. The zero-order chi connectivity index (χ0) is 45.0. The molecule has 1 unspecified atom stereocenters. The maximum absolute atomic E-state index is 13.4. The first-order valence-corrected chi connectivity index (χ1v) is 23.3. The molecule has 0 radical (unpaired) electrons. The second kappa shape index (κ2) is 19.3. The van der Waals surface area contributed by atoms with Crippen LogP contribution in [0.25, 0.3) is 0 Å². The molecule has 2 fully saturated rings. The van der Waals surface area contributed by atoms with Crippen LogP contribution >= 0.6 is 11.6 Å². The van der Waals surface area contributed by atoms with Gasteiger partial charge in [0.05, 0.1) is 44.9 Å². The molecular formula is C47H52ClN7O7S. The van der Waals surface area contributed by atoms with Crippen molar-refractivity contribution in [1.29, 1.82) is 0 Å². The number of likely N-dealkylation sites (tertiary alicyclic amines) is 1. The van der Waals surface area contributed by atoms with Crippen LogP contribution in [0.5, 0.6) is 5.75 Å². The number of anilines is 4. The lowest BCUT2D eigenvalue weighted by Gasteiger charge is -2.33. The van der Waals surface area contributed by atoms with Gasteiger partial charge in [0.1, 0.15) is 16.8 Å². The van der Waals surface area contributed by atoms with Crippen molar-refractivity contribution in [3.63, 3.8) is 0 Å². The number of imide groups is 2. The van der Waals surface area contributed by atoms with E-state index in [-0.39, 0.29) is 51.8 Å². The zero-order valence-corrected chi connectivity index (χ0v) is 37.7. The number of carbonyl (C=O) groups excluding carboxylic acids is 4. The number of rotatable bonds is 14. The Bertz CT molecular complexity index is 2620. The van der Waals surface area contributed by atoms with Gasteiger partial charge in [-0.2, -0.15) is 4.98 Å². The highest BCUT2D eigenvalue weighted by Gasteiger charge is 2.45. The Hall–Kier alpha value is -5.82. The number of sulfone groups is 1. The number of nitrogens with one attached hydrogen (secondary N) is 3. The molecule has 3 aliphatic heterocycles. The molecule has 0 spiro atoms. The summed E-state index contributed by atoms with van der Waals surface area (Å²) >= 11 is 6.51. The maximum atomic E-state index is 13.4. The number of para-hydroxylation sites is 1. The minimum absolute atomic E-state index is 0.0647. The van der Waals surface area contributed by atoms with Gasteiger partial charge in [0.2, 0.25) is 17.8 Å². The average Bonchev–Trinajstić information content (AvgIpc) is 3.50. The normalized spacial score (nSPS) is 17.1. The summed E-state index contributed by atoms with van der Waals surface area (Å²) < 4.78 is 32.5. The van der Waals surface area contributed by atoms with E-state index in [0.29, 0.717) is 35.0 Å². The van der Waals surface area contributed by atoms with Crippen LogP contribution in [0.1, 0.15) is 116 Å². The molecule has 4 heterocycles. The fourth-order valence-corrected chi connectivity index (χ4v) is 9.56. The summed E-state index contributed by atoms with van der Waals surface area (Å²) in [5.74, 6) is 5.69. The summed E-state index contributed by atoms with van der Waals surface area (Å²) in [6, 6.07) is 14.8. The number of aromatic nitrogens is 2. The molecule has 2 saturated heterocycles. The fraction of sp³-hybridized carbons (Fsp3) is 0.404. The molecule has 3 aliphatic rings. The van der Waals surface area contributed by atoms with Gasteiger partial charge < -0.3 is 20.3 Å². The summed E-state index contributed by atoms with van der Waals surface area (Å²) in [5, 5.41) is 8.27. The standard InChI is InChI=1S/C47H52ClN7O7S/c1-28(2)62-39-26-34(30(5)25-37(39)51-47-49-27-35(48)43(53-47)50-36-16-9-10-17-40(36)63(60,61)29(3)4)31-20-23-54(24-21-31)22-11-7-6-8-13-32-14-12-15-33-42(32)46(59)55(45(33)58)38-18-19-41(56)52-44(38)57/h9-10,12,14-17,25-29,31,38H,6-7,11,18-24H2,1-5H3,(H,52,56,57)(H2,49,50,51,53). The van der Waals surface area contributed by atoms with Crippen molar-refractivity contribution in [2.75, 3.05) is 30.3 Å². The Morgan fingerprint density at radius 1 is 0.937 bits per heavy atom. The highest BCUT2D eigenvalue weighted by Crippen LogP contribution is 2.39. The predicted molar refractivity (Wildman–Crippen MR) is 242 cm³/mol. The van der Waals surface area contributed by atoms with Crippen LogP contribution in [0.15, 0.2) is 65.7 Å². The number of fused-ring (bicyclic) bond motifs is 1. The third-order valence-corrected chi connectivity index (χ3v) is 14.0. The molecule has 330 valence electrons. The molecule has 1 atom stereocenters. The van der Waals surface area contributed by atoms with Crippen LogP contribution in [-0.4, -0.2) is 88.8 Å². The molecule has 0 bridgehead atoms. The van der Waals surface area contributed by atoms with Crippen molar-refractivity contribution in [2.24, 2.45) is 0 Å². The molecule has 3 N–H and O–H groups in total. The van der Waals surface area contributed by atoms with Gasteiger partial charge in [-0.3, -0.25) is 29.4 Å². The summed E-state index contributed by atoms with van der Waals surface area (Å²) in [6.45, 7) is 12.2. The monoisotopic (exact) mass is 893 g/mol. The third kappa shape index (κ3) is 10.0. The van der Waals surface area contributed by atoms with E-state index >= 15 is 0 Å². The van der Waals surface area contributed by atoms with Crippen LogP contribution < -0.4 is 20.7 Å². The Balaban J connectivity index is 0.939. The van der Waals surface area contributed by atoms with Gasteiger partial charge in [0.25, 0.3) is 11.8 Å². The summed E-state index contributed by atoms with van der Waals surface area (Å²) in [5.41, 5.74) is 4.32. The fourth-order valence-electron chi connectivity index (χ4n) is 8.22. The minimum Gasteiger partial charge on any atom is -0.489 e. The van der Waals surface area contributed by atoms with Crippen LogP contribution in [0.3, 0.4) is 0 Å². The lowest BCUT2D eigenvalue weighted by Crippen LogP contribution is -2.54. The van der Waals surface area contributed by atoms with E-state index in [0.717, 1.165) is 55.8 Å². The second-order valence-corrected chi connectivity index (χ2v) is 19.5. The molecule has 14 nitrogen and oxygen atoms in total. The topological polar surface area (TPSA) is 180 Å². The van der Waals surface area contributed by atoms with Crippen LogP contribution in [0, 0.1) is 18.8 Å². The predicted octanol–water partition coefficient (Wildman–Crippen LogP) is 7.70. The van der Waals surface area contributed by atoms with Gasteiger partial charge >= 0.3 is 0 Å². The number of hydrogen-bond donors (Lipinski definition) is 3. The smallest absolute Gasteiger partial charge is 0.263 e. The number of amides is 4. The number of benzene rings is 3. The van der Waals surface area contributed by atoms with Gasteiger partial charge in [-0.05, 0) is 140 Å². The van der Waals surface area contributed by atoms with Gasteiger partial charge in [0, 0.05) is 18.4 Å². The summed E-state index contributed by atoms with van der Waals surface area (Å²) in [7, 11) is -3.58. The van der Waals surface area contributed by atoms with Gasteiger partial charge in [0.15, 0.2) is 15.7 Å². The highest BCUT2D eigenvalue weighted by atomic mass is 35.5. The molecule has 16 heteroatoms. The van der Waals surface area contributed by atoms with E-state index in [2.05, 4.69) is 61.7 Å². The summed E-state index contributed by atoms with van der Waals surface area (Å²) in [4.78, 5) is 63.3.